The number of halogens is 1. The van der Waals surface area contributed by atoms with Gasteiger partial charge in [-0.25, -0.2) is 0 Å². The molecule has 0 bridgehead atoms. The number of hydrogen-bond acceptors (Lipinski definition) is 1. The summed E-state index contributed by atoms with van der Waals surface area (Å²) >= 11 is 5.85. The van der Waals surface area contributed by atoms with E-state index >= 15 is 0 Å². The zero-order valence-electron chi connectivity index (χ0n) is 8.52. The Hall–Kier alpha value is -1.34. The van der Waals surface area contributed by atoms with Gasteiger partial charge in [0.25, 0.3) is 0 Å². The predicted molar refractivity (Wildman–Crippen MR) is 63.2 cm³/mol. The van der Waals surface area contributed by atoms with E-state index < -0.39 is 0 Å². The van der Waals surface area contributed by atoms with Crippen molar-refractivity contribution in [3.8, 4) is 0 Å². The molecule has 0 fully saturated rings. The van der Waals surface area contributed by atoms with Gasteiger partial charge in [-0.1, -0.05) is 36.7 Å². The number of hydrogen-bond donors (Lipinski definition) is 0. The Morgan fingerprint density at radius 1 is 1.07 bits per heavy atom. The molecule has 0 aliphatic carbocycles. The molecule has 0 saturated carbocycles. The van der Waals surface area contributed by atoms with Crippen molar-refractivity contribution in [3.63, 3.8) is 0 Å². The maximum Gasteiger partial charge on any atom is 0.0475 e. The average molecular weight is 218 g/mol. The van der Waals surface area contributed by atoms with Crippen molar-refractivity contribution in [1.29, 1.82) is 0 Å². The first kappa shape index (κ1) is 10.2. The van der Waals surface area contributed by atoms with E-state index in [4.69, 9.17) is 11.6 Å². The normalized spacial score (nSPS) is 12.4. The molecule has 2 aromatic rings. The van der Waals surface area contributed by atoms with Crippen molar-refractivity contribution in [2.24, 2.45) is 0 Å². The molecule has 76 valence electrons. The van der Waals surface area contributed by atoms with Gasteiger partial charge >= 0.3 is 0 Å². The monoisotopic (exact) mass is 217 g/mol. The number of benzene rings is 1. The quantitative estimate of drug-likeness (QED) is 0.744. The minimum absolute atomic E-state index is 0.309. The summed E-state index contributed by atoms with van der Waals surface area (Å²) in [6.45, 7) is 2.14. The van der Waals surface area contributed by atoms with Crippen LogP contribution < -0.4 is 0 Å². The number of aromatic nitrogens is 1. The van der Waals surface area contributed by atoms with Crippen molar-refractivity contribution in [2.45, 2.75) is 12.8 Å². The molecule has 0 radical (unpaired) electrons. The van der Waals surface area contributed by atoms with Crippen LogP contribution >= 0.6 is 11.6 Å². The highest BCUT2D eigenvalue weighted by molar-refractivity contribution is 6.30. The summed E-state index contributed by atoms with van der Waals surface area (Å²) < 4.78 is 0. The smallest absolute Gasteiger partial charge is 0.0475 e. The van der Waals surface area contributed by atoms with Crippen LogP contribution in [0.5, 0.6) is 0 Å². The van der Waals surface area contributed by atoms with Gasteiger partial charge in [0.2, 0.25) is 0 Å². The van der Waals surface area contributed by atoms with Crippen LogP contribution in [0.15, 0.2) is 48.7 Å². The van der Waals surface area contributed by atoms with Gasteiger partial charge in [0, 0.05) is 22.8 Å². The van der Waals surface area contributed by atoms with Crippen LogP contribution in [0.2, 0.25) is 5.02 Å². The lowest BCUT2D eigenvalue weighted by Gasteiger charge is -2.10. The van der Waals surface area contributed by atoms with Crippen molar-refractivity contribution >= 4 is 11.6 Å². The van der Waals surface area contributed by atoms with Crippen LogP contribution in [0, 0.1) is 0 Å². The maximum atomic E-state index is 5.85. The number of pyridine rings is 1. The molecule has 1 heterocycles. The third-order valence-corrected chi connectivity index (χ3v) is 2.75. The largest absolute Gasteiger partial charge is 0.261 e. The summed E-state index contributed by atoms with van der Waals surface area (Å²) in [7, 11) is 0. The fraction of sp³-hybridized carbons (Fsp3) is 0.154. The van der Waals surface area contributed by atoms with E-state index in [1.54, 1.807) is 0 Å². The molecule has 1 nitrogen and oxygen atoms in total. The zero-order valence-corrected chi connectivity index (χ0v) is 9.28. The predicted octanol–water partition coefficient (Wildman–Crippen LogP) is 3.89. The van der Waals surface area contributed by atoms with Gasteiger partial charge in [-0.3, -0.25) is 4.98 Å². The topological polar surface area (TPSA) is 12.9 Å². The lowest BCUT2D eigenvalue weighted by atomic mass is 9.97. The second kappa shape index (κ2) is 4.45. The summed E-state index contributed by atoms with van der Waals surface area (Å²) in [5.41, 5.74) is 2.32. The molecule has 0 saturated heterocycles. The molecule has 2 rings (SSSR count). The molecule has 0 spiro atoms. The highest BCUT2D eigenvalue weighted by atomic mass is 35.5. The van der Waals surface area contributed by atoms with Crippen LogP contribution in [0.25, 0.3) is 0 Å². The number of rotatable bonds is 2. The van der Waals surface area contributed by atoms with Gasteiger partial charge in [-0.15, -0.1) is 0 Å². The molecule has 2 heteroatoms. The first-order valence-corrected chi connectivity index (χ1v) is 5.31. The molecular formula is C13H12ClN. The molecular weight excluding hydrogens is 206 g/mol. The number of nitrogens with zero attached hydrogens (tertiary/aromatic N) is 1. The Morgan fingerprint density at radius 2 is 1.80 bits per heavy atom. The summed E-state index contributed by atoms with van der Waals surface area (Å²) in [6.07, 6.45) is 1.82. The van der Waals surface area contributed by atoms with Crippen molar-refractivity contribution in [2.75, 3.05) is 0 Å². The van der Waals surface area contributed by atoms with Crippen LogP contribution in [-0.2, 0) is 0 Å². The second-order valence-corrected chi connectivity index (χ2v) is 3.96. The Bertz CT molecular complexity index is 422. The van der Waals surface area contributed by atoms with E-state index in [2.05, 4.69) is 11.9 Å². The van der Waals surface area contributed by atoms with Gasteiger partial charge in [0.15, 0.2) is 0 Å². The minimum atomic E-state index is 0.309. The molecule has 1 aromatic carbocycles. The van der Waals surface area contributed by atoms with Gasteiger partial charge < -0.3 is 0 Å². The standard InChI is InChI=1S/C13H12ClN/c1-10(13-4-2-3-9-15-13)11-5-7-12(14)8-6-11/h2-10H,1H3/t10-/m0/s1. The Kier molecular flexibility index (Phi) is 3.02. The van der Waals surface area contributed by atoms with Gasteiger partial charge in [0.05, 0.1) is 0 Å². The fourth-order valence-corrected chi connectivity index (χ4v) is 1.68. The van der Waals surface area contributed by atoms with E-state index in [0.29, 0.717) is 5.92 Å². The zero-order chi connectivity index (χ0) is 10.7. The molecule has 0 amide bonds. The lowest BCUT2D eigenvalue weighted by Crippen LogP contribution is -1.97. The van der Waals surface area contributed by atoms with E-state index in [1.165, 1.54) is 5.56 Å². The van der Waals surface area contributed by atoms with Gasteiger partial charge in [-0.05, 0) is 29.8 Å². The van der Waals surface area contributed by atoms with Crippen molar-refractivity contribution in [1.82, 2.24) is 4.98 Å². The summed E-state index contributed by atoms with van der Waals surface area (Å²) in [4.78, 5) is 4.34. The fourth-order valence-electron chi connectivity index (χ4n) is 1.55. The van der Waals surface area contributed by atoms with Crippen molar-refractivity contribution < 1.29 is 0 Å². The van der Waals surface area contributed by atoms with Crippen LogP contribution in [-0.4, -0.2) is 4.98 Å². The highest BCUT2D eigenvalue weighted by Crippen LogP contribution is 2.23. The Morgan fingerprint density at radius 3 is 2.40 bits per heavy atom. The average Bonchev–Trinajstić information content (AvgIpc) is 2.30. The molecule has 0 N–H and O–H groups in total. The molecule has 0 unspecified atom stereocenters. The molecule has 0 aliphatic heterocycles. The first-order chi connectivity index (χ1) is 7.27. The lowest BCUT2D eigenvalue weighted by molar-refractivity contribution is 0.871. The summed E-state index contributed by atoms with van der Waals surface area (Å²) in [6, 6.07) is 13.9. The van der Waals surface area contributed by atoms with Crippen molar-refractivity contribution in [3.05, 3.63) is 64.9 Å². The summed E-state index contributed by atoms with van der Waals surface area (Å²) in [5, 5.41) is 0.770. The SMILES string of the molecule is C[C@@H](c1ccc(Cl)cc1)c1ccccn1. The molecule has 15 heavy (non-hydrogen) atoms. The molecule has 0 aliphatic rings. The first-order valence-electron chi connectivity index (χ1n) is 4.94. The Labute approximate surface area is 94.7 Å². The third kappa shape index (κ3) is 2.37. The van der Waals surface area contributed by atoms with E-state index in [9.17, 15) is 0 Å². The van der Waals surface area contributed by atoms with Crippen LogP contribution in [0.3, 0.4) is 0 Å². The van der Waals surface area contributed by atoms with E-state index in [1.807, 2.05) is 48.7 Å². The second-order valence-electron chi connectivity index (χ2n) is 3.53. The molecule has 1 atom stereocenters. The summed E-state index contributed by atoms with van der Waals surface area (Å²) in [5.74, 6) is 0.309. The van der Waals surface area contributed by atoms with Gasteiger partial charge in [0.1, 0.15) is 0 Å². The Balaban J connectivity index is 2.29. The van der Waals surface area contributed by atoms with E-state index in [-0.39, 0.29) is 0 Å². The van der Waals surface area contributed by atoms with Crippen LogP contribution in [0.1, 0.15) is 24.1 Å². The van der Waals surface area contributed by atoms with E-state index in [0.717, 1.165) is 10.7 Å². The van der Waals surface area contributed by atoms with Crippen LogP contribution in [0.4, 0.5) is 0 Å². The van der Waals surface area contributed by atoms with Gasteiger partial charge in [-0.2, -0.15) is 0 Å². The minimum Gasteiger partial charge on any atom is -0.261 e. The molecule has 1 aromatic heterocycles. The third-order valence-electron chi connectivity index (χ3n) is 2.50. The highest BCUT2D eigenvalue weighted by Gasteiger charge is 2.08. The maximum absolute atomic E-state index is 5.85.